The zero-order valence-electron chi connectivity index (χ0n) is 11.6. The SMILES string of the molecule is COC(=O)C1C(=O)C[C@@H]2CC[N@]1C2Cc1ccccc1. The molecule has 0 amide bonds. The van der Waals surface area contributed by atoms with Crippen LogP contribution in [0.1, 0.15) is 18.4 Å². The second-order valence-corrected chi connectivity index (χ2v) is 5.64. The van der Waals surface area contributed by atoms with Crippen molar-refractivity contribution >= 4 is 11.8 Å². The van der Waals surface area contributed by atoms with Gasteiger partial charge in [0.15, 0.2) is 11.8 Å². The number of carbonyl (C=O) groups is 2. The molecule has 0 N–H and O–H groups in total. The van der Waals surface area contributed by atoms with E-state index in [1.54, 1.807) is 0 Å². The van der Waals surface area contributed by atoms with Crippen molar-refractivity contribution in [1.82, 2.24) is 4.90 Å². The Kier molecular flexibility index (Phi) is 3.57. The number of carbonyl (C=O) groups excluding carboxylic acids is 2. The van der Waals surface area contributed by atoms with Gasteiger partial charge in [-0.15, -0.1) is 0 Å². The second kappa shape index (κ2) is 5.37. The van der Waals surface area contributed by atoms with Crippen LogP contribution in [0, 0.1) is 5.92 Å². The van der Waals surface area contributed by atoms with Crippen LogP contribution in [0.2, 0.25) is 0 Å². The molecule has 3 rings (SSSR count). The summed E-state index contributed by atoms with van der Waals surface area (Å²) in [5.74, 6) is -0.0133. The van der Waals surface area contributed by atoms with Crippen LogP contribution in [0.25, 0.3) is 0 Å². The first kappa shape index (κ1) is 13.3. The summed E-state index contributed by atoms with van der Waals surface area (Å²) in [5, 5.41) is 0. The Labute approximate surface area is 118 Å². The molecule has 2 fully saturated rings. The fourth-order valence-corrected chi connectivity index (χ4v) is 3.58. The highest BCUT2D eigenvalue weighted by molar-refractivity contribution is 6.04. The summed E-state index contributed by atoms with van der Waals surface area (Å²) in [6.45, 7) is 0.813. The summed E-state index contributed by atoms with van der Waals surface area (Å²) in [4.78, 5) is 26.0. The minimum Gasteiger partial charge on any atom is -0.468 e. The molecule has 1 aromatic carbocycles. The van der Waals surface area contributed by atoms with Gasteiger partial charge in [0.2, 0.25) is 0 Å². The Balaban J connectivity index is 1.82. The van der Waals surface area contributed by atoms with E-state index in [2.05, 4.69) is 17.0 Å². The van der Waals surface area contributed by atoms with Gasteiger partial charge in [-0.05, 0) is 24.3 Å². The number of nitrogens with zero attached hydrogens (tertiary/aromatic N) is 1. The van der Waals surface area contributed by atoms with Crippen LogP contribution in [0.15, 0.2) is 30.3 Å². The van der Waals surface area contributed by atoms with Gasteiger partial charge in [0.05, 0.1) is 7.11 Å². The van der Waals surface area contributed by atoms with Crippen molar-refractivity contribution in [2.24, 2.45) is 5.92 Å². The predicted molar refractivity (Wildman–Crippen MR) is 74.2 cm³/mol. The summed E-state index contributed by atoms with van der Waals surface area (Å²) in [7, 11) is 1.35. The molecule has 4 atom stereocenters. The van der Waals surface area contributed by atoms with Crippen molar-refractivity contribution in [2.75, 3.05) is 13.7 Å². The van der Waals surface area contributed by atoms with E-state index in [9.17, 15) is 9.59 Å². The number of hydrogen-bond acceptors (Lipinski definition) is 4. The summed E-state index contributed by atoms with van der Waals surface area (Å²) in [5.41, 5.74) is 1.26. The molecule has 0 radical (unpaired) electrons. The third-order valence-corrected chi connectivity index (χ3v) is 4.54. The van der Waals surface area contributed by atoms with E-state index in [0.29, 0.717) is 12.3 Å². The second-order valence-electron chi connectivity index (χ2n) is 5.64. The molecule has 0 spiro atoms. The number of rotatable bonds is 3. The lowest BCUT2D eigenvalue weighted by Gasteiger charge is -2.37. The van der Waals surface area contributed by atoms with Gasteiger partial charge in [-0.2, -0.15) is 0 Å². The Morgan fingerprint density at radius 1 is 1.35 bits per heavy atom. The van der Waals surface area contributed by atoms with Gasteiger partial charge in [0.25, 0.3) is 0 Å². The monoisotopic (exact) mass is 273 g/mol. The van der Waals surface area contributed by atoms with E-state index in [1.807, 2.05) is 18.2 Å². The predicted octanol–water partition coefficient (Wildman–Crippen LogP) is 1.43. The van der Waals surface area contributed by atoms with E-state index < -0.39 is 12.0 Å². The van der Waals surface area contributed by atoms with Crippen molar-refractivity contribution < 1.29 is 14.3 Å². The minimum atomic E-state index is -0.688. The molecule has 20 heavy (non-hydrogen) atoms. The Morgan fingerprint density at radius 2 is 2.10 bits per heavy atom. The number of benzene rings is 1. The first-order chi connectivity index (χ1) is 9.70. The van der Waals surface area contributed by atoms with Crippen LogP contribution in [0.4, 0.5) is 0 Å². The molecule has 0 aromatic heterocycles. The normalized spacial score (nSPS) is 32.1. The molecule has 2 heterocycles. The molecule has 2 saturated heterocycles. The summed E-state index contributed by atoms with van der Waals surface area (Å²) >= 11 is 0. The zero-order valence-corrected chi connectivity index (χ0v) is 11.6. The van der Waals surface area contributed by atoms with Crippen LogP contribution in [0.3, 0.4) is 0 Å². The number of piperidine rings is 1. The molecule has 106 valence electrons. The van der Waals surface area contributed by atoms with Gasteiger partial charge < -0.3 is 4.74 Å². The van der Waals surface area contributed by atoms with Crippen molar-refractivity contribution in [1.29, 1.82) is 0 Å². The maximum Gasteiger partial charge on any atom is 0.330 e. The molecular formula is C16H19NO3. The number of fused-ring (bicyclic) bond motifs is 2. The van der Waals surface area contributed by atoms with Gasteiger partial charge in [0, 0.05) is 19.0 Å². The van der Waals surface area contributed by atoms with E-state index in [4.69, 9.17) is 4.74 Å². The first-order valence-corrected chi connectivity index (χ1v) is 7.11. The third kappa shape index (κ3) is 2.24. The van der Waals surface area contributed by atoms with E-state index in [0.717, 1.165) is 19.4 Å². The third-order valence-electron chi connectivity index (χ3n) is 4.54. The lowest BCUT2D eigenvalue weighted by atomic mass is 9.84. The topological polar surface area (TPSA) is 46.6 Å². The van der Waals surface area contributed by atoms with Gasteiger partial charge in [-0.25, -0.2) is 4.79 Å². The van der Waals surface area contributed by atoms with Crippen LogP contribution >= 0.6 is 0 Å². The minimum absolute atomic E-state index is 0.0173. The van der Waals surface area contributed by atoms with Crippen LogP contribution in [0.5, 0.6) is 0 Å². The largest absolute Gasteiger partial charge is 0.468 e. The summed E-state index contributed by atoms with van der Waals surface area (Å²) in [6, 6.07) is 9.84. The highest BCUT2D eigenvalue weighted by atomic mass is 16.5. The quantitative estimate of drug-likeness (QED) is 0.617. The van der Waals surface area contributed by atoms with Crippen molar-refractivity contribution in [3.63, 3.8) is 0 Å². The number of methoxy groups -OCH3 is 1. The van der Waals surface area contributed by atoms with E-state index in [1.165, 1.54) is 12.7 Å². The number of Topliss-reactive ketones (excluding diaryl/α,β-unsaturated/α-hetero) is 1. The van der Waals surface area contributed by atoms with Crippen LogP contribution in [-0.4, -0.2) is 42.4 Å². The van der Waals surface area contributed by atoms with Crippen molar-refractivity contribution in [3.8, 4) is 0 Å². The maximum atomic E-state index is 12.1. The molecule has 2 aliphatic heterocycles. The molecule has 1 aromatic rings. The molecule has 2 aliphatic rings. The van der Waals surface area contributed by atoms with Crippen molar-refractivity contribution in [2.45, 2.75) is 31.3 Å². The number of ether oxygens (including phenoxy) is 1. The number of esters is 1. The zero-order chi connectivity index (χ0) is 14.1. The summed E-state index contributed by atoms with van der Waals surface area (Å²) < 4.78 is 4.81. The van der Waals surface area contributed by atoms with E-state index in [-0.39, 0.29) is 11.8 Å². The Morgan fingerprint density at radius 3 is 2.80 bits per heavy atom. The Bertz CT molecular complexity index is 514. The average Bonchev–Trinajstić information content (AvgIpc) is 2.74. The smallest absolute Gasteiger partial charge is 0.330 e. The van der Waals surface area contributed by atoms with Gasteiger partial charge >= 0.3 is 5.97 Å². The van der Waals surface area contributed by atoms with E-state index >= 15 is 0 Å². The highest BCUT2D eigenvalue weighted by Gasteiger charge is 2.49. The standard InChI is InChI=1S/C16H19NO3/c1-20-16(19)15-14(18)10-12-7-8-17(15)13(12)9-11-5-3-2-4-6-11/h2-6,12-13,15H,7-10H2,1H3/t12-,13?,15?/m0/s1. The van der Waals surface area contributed by atoms with Gasteiger partial charge in [0.1, 0.15) is 0 Å². The fourth-order valence-electron chi connectivity index (χ4n) is 3.58. The molecule has 4 heteroatoms. The molecule has 0 saturated carbocycles. The lowest BCUT2D eigenvalue weighted by molar-refractivity contribution is -0.153. The van der Waals surface area contributed by atoms with Gasteiger partial charge in [-0.3, -0.25) is 9.69 Å². The average molecular weight is 273 g/mol. The highest BCUT2D eigenvalue weighted by Crippen LogP contribution is 2.37. The lowest BCUT2D eigenvalue weighted by Crippen LogP contribution is -2.55. The fraction of sp³-hybridized carbons (Fsp3) is 0.500. The molecule has 0 aliphatic carbocycles. The first-order valence-electron chi connectivity index (χ1n) is 7.11. The summed E-state index contributed by atoms with van der Waals surface area (Å²) in [6.07, 6.45) is 2.40. The van der Waals surface area contributed by atoms with Gasteiger partial charge in [-0.1, -0.05) is 30.3 Å². The molecule has 4 nitrogen and oxygen atoms in total. The number of ketones is 1. The molecule has 2 bridgehead atoms. The molecular weight excluding hydrogens is 254 g/mol. The molecule has 2 unspecified atom stereocenters. The maximum absolute atomic E-state index is 12.1. The van der Waals surface area contributed by atoms with Crippen LogP contribution < -0.4 is 0 Å². The Hall–Kier alpha value is -1.68. The van der Waals surface area contributed by atoms with Crippen molar-refractivity contribution in [3.05, 3.63) is 35.9 Å². The van der Waals surface area contributed by atoms with Crippen LogP contribution in [-0.2, 0) is 20.7 Å². The number of hydrogen-bond donors (Lipinski definition) is 0.